The molecule has 1 aliphatic heterocycles. The third-order valence-electron chi connectivity index (χ3n) is 5.42. The number of amides is 2. The maximum absolute atomic E-state index is 13.5. The first-order chi connectivity index (χ1) is 14.8. The summed E-state index contributed by atoms with van der Waals surface area (Å²) >= 11 is 12.2. The third kappa shape index (κ3) is 5.48. The van der Waals surface area contributed by atoms with Gasteiger partial charge >= 0.3 is 12.1 Å². The lowest BCUT2D eigenvalue weighted by Gasteiger charge is -2.40. The van der Waals surface area contributed by atoms with Crippen LogP contribution in [0.25, 0.3) is 0 Å². The fraction of sp³-hybridized carbons (Fsp3) is 0.318. The number of rotatable bonds is 6. The largest absolute Gasteiger partial charge is 0.480 e. The Morgan fingerprint density at radius 3 is 2.23 bits per heavy atom. The van der Waals surface area contributed by atoms with E-state index in [-0.39, 0.29) is 30.1 Å². The van der Waals surface area contributed by atoms with Gasteiger partial charge in [0.2, 0.25) is 0 Å². The second-order valence-electron chi connectivity index (χ2n) is 7.38. The lowest BCUT2D eigenvalue weighted by Crippen LogP contribution is -2.55. The molecule has 0 bridgehead atoms. The molecule has 9 heteroatoms. The highest BCUT2D eigenvalue weighted by atomic mass is 35.5. The van der Waals surface area contributed by atoms with Crippen LogP contribution >= 0.6 is 23.2 Å². The molecule has 0 spiro atoms. The van der Waals surface area contributed by atoms with E-state index in [1.165, 1.54) is 28.0 Å². The molecule has 1 fully saturated rings. The van der Waals surface area contributed by atoms with Crippen molar-refractivity contribution in [3.63, 3.8) is 0 Å². The van der Waals surface area contributed by atoms with Crippen molar-refractivity contribution >= 4 is 41.2 Å². The van der Waals surface area contributed by atoms with E-state index < -0.39 is 30.1 Å². The molecular weight excluding hydrogens is 443 g/mol. The van der Waals surface area contributed by atoms with Crippen LogP contribution in [0.4, 0.5) is 4.79 Å². The number of carbonyl (C=O) groups excluding carboxylic acids is 1. The molecule has 2 N–H and O–H groups in total. The summed E-state index contributed by atoms with van der Waals surface area (Å²) in [5, 5.41) is 19.8. The van der Waals surface area contributed by atoms with E-state index in [0.29, 0.717) is 17.9 Å². The average molecular weight is 465 g/mol. The number of carboxylic acids is 1. The van der Waals surface area contributed by atoms with Crippen LogP contribution in [0.5, 0.6) is 0 Å². The second kappa shape index (κ2) is 10.0. The number of benzene rings is 2. The van der Waals surface area contributed by atoms with Gasteiger partial charge in [-0.2, -0.15) is 0 Å². The van der Waals surface area contributed by atoms with Crippen LogP contribution in [0, 0.1) is 0 Å². The molecule has 0 saturated carbocycles. The molecular formula is C22H22Cl2N2O5. The number of piperidine rings is 1. The Morgan fingerprint density at radius 1 is 1.03 bits per heavy atom. The van der Waals surface area contributed by atoms with Gasteiger partial charge in [0, 0.05) is 30.6 Å². The number of halogens is 2. The summed E-state index contributed by atoms with van der Waals surface area (Å²) in [7, 11) is 0. The van der Waals surface area contributed by atoms with Gasteiger partial charge in [0.25, 0.3) is 5.91 Å². The Morgan fingerprint density at radius 2 is 1.68 bits per heavy atom. The summed E-state index contributed by atoms with van der Waals surface area (Å²) in [5.74, 6) is -1.65. The number of carboxylic acid groups (broad SMARTS) is 2. The second-order valence-corrected chi connectivity index (χ2v) is 8.22. The SMILES string of the molecule is O=C(O)C(Cc1ccccc1)N(C(=O)c1ccc(Cl)cc1Cl)C1CCN(C(=O)O)CC1. The zero-order chi connectivity index (χ0) is 22.5. The van der Waals surface area contributed by atoms with Crippen molar-refractivity contribution in [2.75, 3.05) is 13.1 Å². The van der Waals surface area contributed by atoms with Crippen LogP contribution in [0.1, 0.15) is 28.8 Å². The molecule has 2 aromatic carbocycles. The third-order valence-corrected chi connectivity index (χ3v) is 5.96. The van der Waals surface area contributed by atoms with E-state index in [0.717, 1.165) is 5.56 Å². The molecule has 1 heterocycles. The highest BCUT2D eigenvalue weighted by Gasteiger charge is 2.38. The maximum atomic E-state index is 13.5. The molecule has 0 aliphatic carbocycles. The normalized spacial score (nSPS) is 15.4. The average Bonchev–Trinajstić information content (AvgIpc) is 2.74. The summed E-state index contributed by atoms with van der Waals surface area (Å²) in [6.45, 7) is 0.436. The van der Waals surface area contributed by atoms with Gasteiger partial charge in [0.1, 0.15) is 6.04 Å². The first kappa shape index (κ1) is 22.9. The van der Waals surface area contributed by atoms with E-state index in [2.05, 4.69) is 0 Å². The number of likely N-dealkylation sites (tertiary alicyclic amines) is 1. The van der Waals surface area contributed by atoms with Crippen molar-refractivity contribution in [3.05, 3.63) is 69.7 Å². The minimum atomic E-state index is -1.14. The molecule has 1 unspecified atom stereocenters. The summed E-state index contributed by atoms with van der Waals surface area (Å²) < 4.78 is 0. The molecule has 31 heavy (non-hydrogen) atoms. The quantitative estimate of drug-likeness (QED) is 0.664. The Bertz CT molecular complexity index is 962. The van der Waals surface area contributed by atoms with Gasteiger partial charge in [-0.15, -0.1) is 0 Å². The number of hydrogen-bond donors (Lipinski definition) is 2. The predicted molar refractivity (Wildman–Crippen MR) is 117 cm³/mol. The van der Waals surface area contributed by atoms with Gasteiger partial charge in [-0.3, -0.25) is 4.79 Å². The van der Waals surface area contributed by atoms with Crippen molar-refractivity contribution in [1.82, 2.24) is 9.80 Å². The van der Waals surface area contributed by atoms with Crippen molar-refractivity contribution in [1.29, 1.82) is 0 Å². The van der Waals surface area contributed by atoms with E-state index in [1.807, 2.05) is 18.2 Å². The zero-order valence-corrected chi connectivity index (χ0v) is 18.1. The lowest BCUT2D eigenvalue weighted by molar-refractivity contribution is -0.143. The number of aliphatic carboxylic acids is 1. The fourth-order valence-electron chi connectivity index (χ4n) is 3.84. The fourth-order valence-corrected chi connectivity index (χ4v) is 4.33. The van der Waals surface area contributed by atoms with E-state index >= 15 is 0 Å². The number of nitrogens with zero attached hydrogens (tertiary/aromatic N) is 2. The standard InChI is InChI=1S/C22H22Cl2N2O5/c23-15-6-7-17(18(24)13-15)20(27)26(16-8-10-25(11-9-16)22(30)31)19(21(28)29)12-14-4-2-1-3-5-14/h1-7,13,16,19H,8-12H2,(H,28,29)(H,30,31). The molecule has 2 aromatic rings. The molecule has 164 valence electrons. The zero-order valence-electron chi connectivity index (χ0n) is 16.6. The minimum Gasteiger partial charge on any atom is -0.480 e. The Kier molecular flexibility index (Phi) is 7.41. The summed E-state index contributed by atoms with van der Waals surface area (Å²) in [4.78, 5) is 39.7. The topological polar surface area (TPSA) is 98.2 Å². The molecule has 1 saturated heterocycles. The molecule has 1 aliphatic rings. The van der Waals surface area contributed by atoms with E-state index in [1.54, 1.807) is 12.1 Å². The van der Waals surface area contributed by atoms with Crippen molar-refractivity contribution in [2.45, 2.75) is 31.3 Å². The minimum absolute atomic E-state index is 0.117. The predicted octanol–water partition coefficient (Wildman–Crippen LogP) is 4.27. The van der Waals surface area contributed by atoms with Gasteiger partial charge in [-0.05, 0) is 36.6 Å². The molecule has 1 atom stereocenters. The van der Waals surface area contributed by atoms with Gasteiger partial charge in [-0.1, -0.05) is 53.5 Å². The van der Waals surface area contributed by atoms with Crippen LogP contribution < -0.4 is 0 Å². The van der Waals surface area contributed by atoms with Gasteiger partial charge in [-0.25, -0.2) is 9.59 Å². The first-order valence-electron chi connectivity index (χ1n) is 9.80. The molecule has 0 aromatic heterocycles. The van der Waals surface area contributed by atoms with Gasteiger partial charge in [0.15, 0.2) is 0 Å². The maximum Gasteiger partial charge on any atom is 0.407 e. The number of carbonyl (C=O) groups is 3. The van der Waals surface area contributed by atoms with Crippen LogP contribution in [0.3, 0.4) is 0 Å². The van der Waals surface area contributed by atoms with Crippen LogP contribution in [0.2, 0.25) is 10.0 Å². The summed E-state index contributed by atoms with van der Waals surface area (Å²) in [6.07, 6.45) is -0.244. The van der Waals surface area contributed by atoms with Crippen LogP contribution in [-0.2, 0) is 11.2 Å². The lowest BCUT2D eigenvalue weighted by atomic mass is 9.96. The van der Waals surface area contributed by atoms with Gasteiger partial charge < -0.3 is 20.0 Å². The van der Waals surface area contributed by atoms with Crippen molar-refractivity contribution in [2.24, 2.45) is 0 Å². The van der Waals surface area contributed by atoms with Gasteiger partial charge in [0.05, 0.1) is 10.6 Å². The summed E-state index contributed by atoms with van der Waals surface area (Å²) in [6, 6.07) is 11.9. The molecule has 7 nitrogen and oxygen atoms in total. The molecule has 0 radical (unpaired) electrons. The highest BCUT2D eigenvalue weighted by Crippen LogP contribution is 2.28. The Labute approximate surface area is 189 Å². The summed E-state index contributed by atoms with van der Waals surface area (Å²) in [5.41, 5.74) is 0.934. The van der Waals surface area contributed by atoms with E-state index in [9.17, 15) is 24.6 Å². The Balaban J connectivity index is 1.97. The highest BCUT2D eigenvalue weighted by molar-refractivity contribution is 6.36. The van der Waals surface area contributed by atoms with Crippen molar-refractivity contribution in [3.8, 4) is 0 Å². The Hall–Kier alpha value is -2.77. The van der Waals surface area contributed by atoms with Crippen molar-refractivity contribution < 1.29 is 24.6 Å². The van der Waals surface area contributed by atoms with E-state index in [4.69, 9.17) is 23.2 Å². The monoisotopic (exact) mass is 464 g/mol. The van der Waals surface area contributed by atoms with Crippen LogP contribution in [-0.4, -0.2) is 63.2 Å². The first-order valence-corrected chi connectivity index (χ1v) is 10.6. The molecule has 2 amide bonds. The smallest absolute Gasteiger partial charge is 0.407 e. The number of hydrogen-bond acceptors (Lipinski definition) is 3. The molecule has 3 rings (SSSR count). The van der Waals surface area contributed by atoms with Crippen LogP contribution in [0.15, 0.2) is 48.5 Å².